The van der Waals surface area contributed by atoms with Crippen molar-refractivity contribution in [3.05, 3.63) is 30.1 Å². The highest BCUT2D eigenvalue weighted by atomic mass is 16.2. The summed E-state index contributed by atoms with van der Waals surface area (Å²) < 4.78 is 0. The van der Waals surface area contributed by atoms with Crippen molar-refractivity contribution >= 4 is 5.91 Å². The predicted octanol–water partition coefficient (Wildman–Crippen LogP) is 1.31. The molecule has 4 nitrogen and oxygen atoms in total. The van der Waals surface area contributed by atoms with Gasteiger partial charge in [0.25, 0.3) is 0 Å². The normalized spacial score (nSPS) is 19.9. The van der Waals surface area contributed by atoms with Crippen LogP contribution < -0.4 is 0 Å². The molecule has 0 bridgehead atoms. The zero-order valence-corrected chi connectivity index (χ0v) is 10.5. The highest BCUT2D eigenvalue weighted by Gasteiger charge is 2.30. The zero-order valence-electron chi connectivity index (χ0n) is 10.5. The number of likely N-dealkylation sites (N-methyl/N-ethyl adjacent to an activating group) is 1. The summed E-state index contributed by atoms with van der Waals surface area (Å²) in [4.78, 5) is 20.3. The van der Waals surface area contributed by atoms with Crippen LogP contribution in [0, 0.1) is 0 Å². The first-order chi connectivity index (χ1) is 8.18. The van der Waals surface area contributed by atoms with E-state index >= 15 is 0 Å². The van der Waals surface area contributed by atoms with Gasteiger partial charge in [0.15, 0.2) is 0 Å². The van der Waals surface area contributed by atoms with E-state index in [9.17, 15) is 4.79 Å². The second-order valence-electron chi connectivity index (χ2n) is 4.74. The number of hydrogen-bond donors (Lipinski definition) is 0. The van der Waals surface area contributed by atoms with Gasteiger partial charge in [-0.2, -0.15) is 0 Å². The molecule has 0 saturated carbocycles. The Morgan fingerprint density at radius 2 is 2.35 bits per heavy atom. The number of nitrogens with zero attached hydrogens (tertiary/aromatic N) is 3. The van der Waals surface area contributed by atoms with Crippen molar-refractivity contribution in [3.8, 4) is 0 Å². The molecule has 1 aliphatic rings. The highest BCUT2D eigenvalue weighted by molar-refractivity contribution is 5.79. The number of hydrogen-bond acceptors (Lipinski definition) is 3. The SMILES string of the molecule is CN(C)CC(=O)N1CCC[C@@H]1c1ccccn1. The molecule has 0 radical (unpaired) electrons. The lowest BCUT2D eigenvalue weighted by molar-refractivity contribution is -0.132. The molecule has 2 rings (SSSR count). The van der Waals surface area contributed by atoms with Gasteiger partial charge in [-0.05, 0) is 39.1 Å². The molecule has 1 saturated heterocycles. The van der Waals surface area contributed by atoms with Crippen LogP contribution in [-0.2, 0) is 4.79 Å². The van der Waals surface area contributed by atoms with E-state index in [4.69, 9.17) is 0 Å². The number of pyridine rings is 1. The molecule has 4 heteroatoms. The van der Waals surface area contributed by atoms with E-state index in [-0.39, 0.29) is 11.9 Å². The molecule has 1 fully saturated rings. The molecule has 92 valence electrons. The maximum absolute atomic E-state index is 12.1. The number of carbonyl (C=O) groups is 1. The minimum absolute atomic E-state index is 0.170. The molecule has 0 unspecified atom stereocenters. The second-order valence-corrected chi connectivity index (χ2v) is 4.74. The topological polar surface area (TPSA) is 36.4 Å². The van der Waals surface area contributed by atoms with Crippen LogP contribution in [0.15, 0.2) is 24.4 Å². The molecule has 0 spiro atoms. The van der Waals surface area contributed by atoms with Gasteiger partial charge < -0.3 is 9.80 Å². The van der Waals surface area contributed by atoms with Gasteiger partial charge in [0.05, 0.1) is 18.3 Å². The summed E-state index contributed by atoms with van der Waals surface area (Å²) in [6.07, 6.45) is 3.89. The van der Waals surface area contributed by atoms with Gasteiger partial charge >= 0.3 is 0 Å². The first kappa shape index (κ1) is 12.0. The second kappa shape index (κ2) is 5.27. The Morgan fingerprint density at radius 1 is 1.53 bits per heavy atom. The van der Waals surface area contributed by atoms with Gasteiger partial charge in [0.2, 0.25) is 5.91 Å². The quantitative estimate of drug-likeness (QED) is 0.789. The van der Waals surface area contributed by atoms with Crippen LogP contribution in [0.2, 0.25) is 0 Å². The van der Waals surface area contributed by atoms with E-state index < -0.39 is 0 Å². The molecule has 0 N–H and O–H groups in total. The fourth-order valence-corrected chi connectivity index (χ4v) is 2.31. The zero-order chi connectivity index (χ0) is 12.3. The number of carbonyl (C=O) groups excluding carboxylic acids is 1. The molecule has 0 aromatic carbocycles. The molecule has 2 heterocycles. The van der Waals surface area contributed by atoms with Crippen molar-refractivity contribution in [1.82, 2.24) is 14.8 Å². The van der Waals surface area contributed by atoms with Gasteiger partial charge in [-0.3, -0.25) is 9.78 Å². The van der Waals surface area contributed by atoms with Crippen LogP contribution >= 0.6 is 0 Å². The Morgan fingerprint density at radius 3 is 3.00 bits per heavy atom. The number of rotatable bonds is 3. The van der Waals surface area contributed by atoms with Crippen molar-refractivity contribution in [1.29, 1.82) is 0 Å². The first-order valence-corrected chi connectivity index (χ1v) is 6.03. The van der Waals surface area contributed by atoms with Crippen LogP contribution in [0.1, 0.15) is 24.6 Å². The maximum atomic E-state index is 12.1. The van der Waals surface area contributed by atoms with Crippen LogP contribution in [0.3, 0.4) is 0 Å². The lowest BCUT2D eigenvalue weighted by Gasteiger charge is -2.25. The van der Waals surface area contributed by atoms with E-state index in [2.05, 4.69) is 4.98 Å². The Balaban J connectivity index is 2.10. The summed E-state index contributed by atoms with van der Waals surface area (Å²) in [5.74, 6) is 0.197. The number of likely N-dealkylation sites (tertiary alicyclic amines) is 1. The van der Waals surface area contributed by atoms with Crippen LogP contribution in [0.5, 0.6) is 0 Å². The van der Waals surface area contributed by atoms with Gasteiger partial charge in [0, 0.05) is 12.7 Å². The average molecular weight is 233 g/mol. The van der Waals surface area contributed by atoms with Crippen LogP contribution in [-0.4, -0.2) is 47.9 Å². The summed E-state index contributed by atoms with van der Waals surface area (Å²) in [6.45, 7) is 1.33. The largest absolute Gasteiger partial charge is 0.333 e. The van der Waals surface area contributed by atoms with E-state index in [1.807, 2.05) is 42.1 Å². The lowest BCUT2D eigenvalue weighted by atomic mass is 10.1. The Labute approximate surface area is 102 Å². The third kappa shape index (κ3) is 2.82. The molecule has 17 heavy (non-hydrogen) atoms. The summed E-state index contributed by atoms with van der Waals surface area (Å²) in [6, 6.07) is 6.06. The summed E-state index contributed by atoms with van der Waals surface area (Å²) in [7, 11) is 3.84. The third-order valence-electron chi connectivity index (χ3n) is 3.05. The minimum Gasteiger partial charge on any atom is -0.333 e. The molecule has 1 aromatic heterocycles. The summed E-state index contributed by atoms with van der Waals surface area (Å²) in [5.41, 5.74) is 1.01. The average Bonchev–Trinajstić information content (AvgIpc) is 2.78. The van der Waals surface area contributed by atoms with Gasteiger partial charge in [-0.25, -0.2) is 0 Å². The van der Waals surface area contributed by atoms with Crippen molar-refractivity contribution in [3.63, 3.8) is 0 Å². The Kier molecular flexibility index (Phi) is 3.74. The van der Waals surface area contributed by atoms with E-state index in [0.29, 0.717) is 6.54 Å². The van der Waals surface area contributed by atoms with Crippen LogP contribution in [0.4, 0.5) is 0 Å². The summed E-state index contributed by atoms with van der Waals surface area (Å²) in [5, 5.41) is 0. The predicted molar refractivity (Wildman–Crippen MR) is 66.5 cm³/mol. The number of aromatic nitrogens is 1. The van der Waals surface area contributed by atoms with E-state index in [1.165, 1.54) is 0 Å². The van der Waals surface area contributed by atoms with Crippen molar-refractivity contribution in [2.75, 3.05) is 27.2 Å². The fourth-order valence-electron chi connectivity index (χ4n) is 2.31. The van der Waals surface area contributed by atoms with Gasteiger partial charge in [-0.1, -0.05) is 6.07 Å². The maximum Gasteiger partial charge on any atom is 0.237 e. The standard InChI is InChI=1S/C13H19N3O/c1-15(2)10-13(17)16-9-5-7-12(16)11-6-3-4-8-14-11/h3-4,6,8,12H,5,7,9-10H2,1-2H3/t12-/m1/s1. The van der Waals surface area contributed by atoms with Crippen molar-refractivity contribution < 1.29 is 4.79 Å². The third-order valence-corrected chi connectivity index (χ3v) is 3.05. The smallest absolute Gasteiger partial charge is 0.237 e. The molecule has 1 aliphatic heterocycles. The first-order valence-electron chi connectivity index (χ1n) is 6.03. The Hall–Kier alpha value is -1.42. The highest BCUT2D eigenvalue weighted by Crippen LogP contribution is 2.30. The lowest BCUT2D eigenvalue weighted by Crippen LogP contribution is -2.37. The molecule has 0 aliphatic carbocycles. The van der Waals surface area contributed by atoms with Gasteiger partial charge in [0.1, 0.15) is 0 Å². The van der Waals surface area contributed by atoms with Crippen LogP contribution in [0.25, 0.3) is 0 Å². The molecule has 1 atom stereocenters. The van der Waals surface area contributed by atoms with E-state index in [0.717, 1.165) is 25.1 Å². The van der Waals surface area contributed by atoms with E-state index in [1.54, 1.807) is 6.20 Å². The summed E-state index contributed by atoms with van der Waals surface area (Å²) >= 11 is 0. The molecule has 1 aromatic rings. The molecule has 1 amide bonds. The minimum atomic E-state index is 0.170. The monoisotopic (exact) mass is 233 g/mol. The van der Waals surface area contributed by atoms with Crippen molar-refractivity contribution in [2.45, 2.75) is 18.9 Å². The van der Waals surface area contributed by atoms with Crippen molar-refractivity contribution in [2.24, 2.45) is 0 Å². The Bertz CT molecular complexity index is 378. The molecular formula is C13H19N3O. The fraction of sp³-hybridized carbons (Fsp3) is 0.538. The van der Waals surface area contributed by atoms with Gasteiger partial charge in [-0.15, -0.1) is 0 Å². The molecular weight excluding hydrogens is 214 g/mol. The number of amides is 1.